The van der Waals surface area contributed by atoms with Crippen molar-refractivity contribution in [3.63, 3.8) is 0 Å². The summed E-state index contributed by atoms with van der Waals surface area (Å²) in [6, 6.07) is 10.4. The number of unbranched alkanes of at least 4 members (excludes halogenated alkanes) is 3. The molecule has 0 saturated heterocycles. The van der Waals surface area contributed by atoms with Crippen molar-refractivity contribution < 1.29 is 28.5 Å². The number of benzene rings is 2. The predicted octanol–water partition coefficient (Wildman–Crippen LogP) is 9.64. The van der Waals surface area contributed by atoms with E-state index in [-0.39, 0.29) is 23.8 Å². The molecule has 1 atom stereocenters. The summed E-state index contributed by atoms with van der Waals surface area (Å²) in [5, 5.41) is 16.3. The molecule has 41 heavy (non-hydrogen) atoms. The van der Waals surface area contributed by atoms with Crippen LogP contribution in [0.25, 0.3) is 10.8 Å². The van der Waals surface area contributed by atoms with E-state index in [9.17, 15) is 18.0 Å². The van der Waals surface area contributed by atoms with Crippen molar-refractivity contribution in [2.24, 2.45) is 5.92 Å². The molecule has 1 unspecified atom stereocenters. The van der Waals surface area contributed by atoms with E-state index in [1.165, 1.54) is 88.1 Å². The number of hydrogen-bond acceptors (Lipinski definition) is 4. The Morgan fingerprint density at radius 2 is 1.68 bits per heavy atom. The molecule has 3 rings (SSSR count). The number of halogens is 3. The van der Waals surface area contributed by atoms with Gasteiger partial charge in [0.2, 0.25) is 5.91 Å². The minimum atomic E-state index is -0.906. The molecule has 3 aromatic rings. The van der Waals surface area contributed by atoms with Gasteiger partial charge in [0.1, 0.15) is 5.82 Å². The van der Waals surface area contributed by atoms with Crippen molar-refractivity contribution in [3.05, 3.63) is 89.5 Å². The Labute approximate surface area is 243 Å². The molecule has 0 bridgehead atoms. The van der Waals surface area contributed by atoms with Crippen LogP contribution in [0.15, 0.2) is 60.8 Å². The number of rotatable bonds is 11. The SMILES string of the molecule is C=C(C)CCC(CC)CCCCCC.CC(=O)NCc1cccc(F)c1F.Cc1cc2cc(F)ccc2cn1.OO. The predicted molar refractivity (Wildman–Crippen MR) is 162 cm³/mol. The molecule has 0 fully saturated rings. The van der Waals surface area contributed by atoms with Crippen LogP contribution in [0.1, 0.15) is 90.3 Å². The Morgan fingerprint density at radius 3 is 2.29 bits per heavy atom. The zero-order valence-electron chi connectivity index (χ0n) is 25.2. The van der Waals surface area contributed by atoms with Crippen molar-refractivity contribution >= 4 is 16.7 Å². The summed E-state index contributed by atoms with van der Waals surface area (Å²) in [5.41, 5.74) is 2.40. The zero-order valence-corrected chi connectivity index (χ0v) is 25.2. The van der Waals surface area contributed by atoms with Gasteiger partial charge in [-0.2, -0.15) is 0 Å². The smallest absolute Gasteiger partial charge is 0.217 e. The molecule has 0 radical (unpaired) electrons. The van der Waals surface area contributed by atoms with Crippen LogP contribution < -0.4 is 5.32 Å². The Hall–Kier alpha value is -3.23. The van der Waals surface area contributed by atoms with Gasteiger partial charge >= 0.3 is 0 Å². The lowest BCUT2D eigenvalue weighted by Gasteiger charge is -2.14. The molecule has 3 N–H and O–H groups in total. The lowest BCUT2D eigenvalue weighted by molar-refractivity contribution is -0.176. The van der Waals surface area contributed by atoms with Gasteiger partial charge < -0.3 is 5.32 Å². The number of fused-ring (bicyclic) bond motifs is 1. The lowest BCUT2D eigenvalue weighted by Crippen LogP contribution is -2.19. The van der Waals surface area contributed by atoms with E-state index in [1.807, 2.05) is 13.0 Å². The van der Waals surface area contributed by atoms with E-state index in [2.05, 4.69) is 37.7 Å². The van der Waals surface area contributed by atoms with Crippen LogP contribution in [-0.4, -0.2) is 21.4 Å². The first-order valence-electron chi connectivity index (χ1n) is 14.1. The summed E-state index contributed by atoms with van der Waals surface area (Å²) in [6.07, 6.45) is 12.7. The van der Waals surface area contributed by atoms with E-state index in [4.69, 9.17) is 10.5 Å². The Kier molecular flexibility index (Phi) is 20.7. The van der Waals surface area contributed by atoms with Crippen LogP contribution in [0.3, 0.4) is 0 Å². The van der Waals surface area contributed by atoms with Gasteiger partial charge in [0.05, 0.1) is 0 Å². The maximum Gasteiger partial charge on any atom is 0.217 e. The second-order valence-corrected chi connectivity index (χ2v) is 10.1. The Morgan fingerprint density at radius 1 is 0.976 bits per heavy atom. The van der Waals surface area contributed by atoms with Gasteiger partial charge in [-0.1, -0.05) is 70.1 Å². The first-order chi connectivity index (χ1) is 19.6. The molecule has 8 heteroatoms. The molecule has 0 aliphatic rings. The van der Waals surface area contributed by atoms with Crippen LogP contribution in [0.5, 0.6) is 0 Å². The third-order valence-corrected chi connectivity index (χ3v) is 6.40. The molecule has 0 saturated carbocycles. The standard InChI is InChI=1S/C14H28.C10H8FN.C9H9F2NO.H2O2/c1-5-7-8-9-10-14(6-2)12-11-13(3)4;1-7-4-9-5-10(11)3-2-8(9)6-12-7;1-6(13)12-5-7-3-2-4-8(10)9(7)11;1-2/h14H,3,5-12H2,1-2,4H3;2-6H,1H3;2-4H,5H2,1H3,(H,12,13);1-2H. The highest BCUT2D eigenvalue weighted by Gasteiger charge is 2.07. The number of aryl methyl sites for hydroxylation is 1. The van der Waals surface area contributed by atoms with E-state index < -0.39 is 11.6 Å². The number of hydrogen-bond donors (Lipinski definition) is 3. The number of carbonyl (C=O) groups is 1. The summed E-state index contributed by atoms with van der Waals surface area (Å²) in [4.78, 5) is 14.6. The topological polar surface area (TPSA) is 82.5 Å². The van der Waals surface area contributed by atoms with Crippen molar-refractivity contribution in [3.8, 4) is 0 Å². The maximum absolute atomic E-state index is 12.9. The van der Waals surface area contributed by atoms with E-state index in [0.29, 0.717) is 0 Å². The number of aromatic nitrogens is 1. The summed E-state index contributed by atoms with van der Waals surface area (Å²) in [7, 11) is 0. The highest BCUT2D eigenvalue weighted by Crippen LogP contribution is 2.21. The minimum absolute atomic E-state index is 0.0128. The van der Waals surface area contributed by atoms with Crippen LogP contribution in [0, 0.1) is 30.3 Å². The Balaban J connectivity index is 0.000000568. The largest absolute Gasteiger partial charge is 0.352 e. The van der Waals surface area contributed by atoms with Gasteiger partial charge in [0.25, 0.3) is 0 Å². The molecular formula is C33H47F3N2O3. The van der Waals surface area contributed by atoms with Gasteiger partial charge in [-0.25, -0.2) is 13.2 Å². The first-order valence-corrected chi connectivity index (χ1v) is 14.1. The van der Waals surface area contributed by atoms with Crippen LogP contribution in [0.4, 0.5) is 13.2 Å². The van der Waals surface area contributed by atoms with Crippen LogP contribution in [0.2, 0.25) is 0 Å². The third-order valence-electron chi connectivity index (χ3n) is 6.40. The highest BCUT2D eigenvalue weighted by molar-refractivity contribution is 5.81. The van der Waals surface area contributed by atoms with E-state index in [1.54, 1.807) is 12.3 Å². The number of amides is 1. The van der Waals surface area contributed by atoms with Crippen molar-refractivity contribution in [1.29, 1.82) is 0 Å². The summed E-state index contributed by atoms with van der Waals surface area (Å²) < 4.78 is 38.3. The molecule has 2 aromatic carbocycles. The molecule has 5 nitrogen and oxygen atoms in total. The maximum atomic E-state index is 12.9. The lowest BCUT2D eigenvalue weighted by atomic mass is 9.92. The van der Waals surface area contributed by atoms with Crippen molar-refractivity contribution in [2.75, 3.05) is 0 Å². The van der Waals surface area contributed by atoms with E-state index in [0.717, 1.165) is 28.5 Å². The second-order valence-electron chi connectivity index (χ2n) is 10.1. The zero-order chi connectivity index (χ0) is 31.2. The second kappa shape index (κ2) is 22.5. The fourth-order valence-electron chi connectivity index (χ4n) is 3.99. The van der Waals surface area contributed by atoms with Gasteiger partial charge in [0, 0.05) is 36.3 Å². The average molecular weight is 577 g/mol. The molecule has 0 aliphatic carbocycles. The number of carbonyl (C=O) groups excluding carboxylic acids is 1. The number of nitrogens with zero attached hydrogens (tertiary/aromatic N) is 1. The fourth-order valence-corrected chi connectivity index (χ4v) is 3.99. The van der Waals surface area contributed by atoms with Gasteiger partial charge in [-0.3, -0.25) is 20.3 Å². The third kappa shape index (κ3) is 17.2. The molecule has 1 amide bonds. The summed E-state index contributed by atoms with van der Waals surface area (Å²) in [6.45, 7) is 13.9. The molecule has 0 aliphatic heterocycles. The van der Waals surface area contributed by atoms with Gasteiger partial charge in [-0.05, 0) is 68.3 Å². The number of allylic oxidation sites excluding steroid dienone is 1. The molecule has 1 heterocycles. The monoisotopic (exact) mass is 576 g/mol. The molecule has 1 aromatic heterocycles. The van der Waals surface area contributed by atoms with Gasteiger partial charge in [-0.15, -0.1) is 6.58 Å². The summed E-state index contributed by atoms with van der Waals surface area (Å²) in [5.74, 6) is -1.33. The number of nitrogens with one attached hydrogen (secondary N) is 1. The molecule has 228 valence electrons. The van der Waals surface area contributed by atoms with Crippen LogP contribution >= 0.6 is 0 Å². The van der Waals surface area contributed by atoms with Gasteiger partial charge in [0.15, 0.2) is 11.6 Å². The average Bonchev–Trinajstić information content (AvgIpc) is 2.95. The number of pyridine rings is 1. The Bertz CT molecular complexity index is 1130. The summed E-state index contributed by atoms with van der Waals surface area (Å²) >= 11 is 0. The van der Waals surface area contributed by atoms with Crippen LogP contribution in [-0.2, 0) is 11.3 Å². The van der Waals surface area contributed by atoms with Crippen molar-refractivity contribution in [1.82, 2.24) is 10.3 Å². The van der Waals surface area contributed by atoms with Crippen molar-refractivity contribution in [2.45, 2.75) is 92.5 Å². The fraction of sp³-hybridized carbons (Fsp3) is 0.455. The quantitative estimate of drug-likeness (QED) is 0.0918. The highest BCUT2D eigenvalue weighted by atomic mass is 19.2. The molecular weight excluding hydrogens is 529 g/mol. The normalized spacial score (nSPS) is 10.7. The first kappa shape index (κ1) is 37.8. The van der Waals surface area contributed by atoms with E-state index >= 15 is 0 Å². The minimum Gasteiger partial charge on any atom is -0.352 e. The molecule has 0 spiro atoms.